The van der Waals surface area contributed by atoms with Crippen LogP contribution in [-0.4, -0.2) is 53.0 Å². The highest BCUT2D eigenvalue weighted by Gasteiger charge is 2.33. The molecule has 1 aliphatic rings. The smallest absolute Gasteiger partial charge is 0.387 e. The van der Waals surface area contributed by atoms with Crippen LogP contribution in [0, 0.1) is 0 Å². The monoisotopic (exact) mass is 583 g/mol. The summed E-state index contributed by atoms with van der Waals surface area (Å²) in [7, 11) is 4.43. The molecule has 4 aromatic rings. The van der Waals surface area contributed by atoms with Crippen LogP contribution in [0.15, 0.2) is 35.3 Å². The fourth-order valence-corrected chi connectivity index (χ4v) is 5.64. The van der Waals surface area contributed by atoms with Gasteiger partial charge in [0.1, 0.15) is 28.5 Å². The van der Waals surface area contributed by atoms with Crippen molar-refractivity contribution in [1.82, 2.24) is 14.0 Å². The van der Waals surface area contributed by atoms with Crippen molar-refractivity contribution < 1.29 is 37.6 Å². The second kappa shape index (κ2) is 11.7. The molecule has 0 bridgehead atoms. The number of hydrogen-bond acceptors (Lipinski definition) is 7. The number of rotatable bonds is 11. The fraction of sp³-hybridized carbons (Fsp3) is 0.367. The molecule has 0 radical (unpaired) electrons. The van der Waals surface area contributed by atoms with E-state index in [4.69, 9.17) is 19.2 Å². The third-order valence-corrected chi connectivity index (χ3v) is 7.54. The lowest BCUT2D eigenvalue weighted by Crippen LogP contribution is -2.33. The Morgan fingerprint density at radius 2 is 1.81 bits per heavy atom. The lowest BCUT2D eigenvalue weighted by atomic mass is 9.87. The number of fused-ring (bicyclic) bond motifs is 5. The molecule has 42 heavy (non-hydrogen) atoms. The highest BCUT2D eigenvalue weighted by Crippen LogP contribution is 2.39. The van der Waals surface area contributed by atoms with Gasteiger partial charge in [0, 0.05) is 17.7 Å². The summed E-state index contributed by atoms with van der Waals surface area (Å²) in [6.07, 6.45) is 4.18. The number of methoxy groups -OCH3 is 3. The number of nitrogens with zero attached hydrogens (tertiary/aromatic N) is 3. The predicted octanol–water partition coefficient (Wildman–Crippen LogP) is 4.98. The first-order chi connectivity index (χ1) is 20.2. The van der Waals surface area contributed by atoms with Gasteiger partial charge >= 0.3 is 12.6 Å². The fourth-order valence-electron chi connectivity index (χ4n) is 5.64. The maximum absolute atomic E-state index is 14.1. The van der Waals surface area contributed by atoms with Gasteiger partial charge in [-0.3, -0.25) is 9.20 Å². The van der Waals surface area contributed by atoms with Crippen molar-refractivity contribution in [2.45, 2.75) is 52.2 Å². The highest BCUT2D eigenvalue weighted by atomic mass is 19.3. The van der Waals surface area contributed by atoms with Crippen LogP contribution in [0.3, 0.4) is 0 Å². The number of pyridine rings is 2. The first-order valence-electron chi connectivity index (χ1n) is 13.5. The molecule has 5 rings (SSSR count). The molecule has 0 aliphatic heterocycles. The SMILES string of the molecule is CCCCc1c2c(n(Cc3ccc(OC)cc3OC)c(=O)c1C(=O)O)-c1nc3c(OC)cc(OC(F)F)cn3c1CC2. The number of alkyl halides is 2. The number of aryl methyl sites for hydroxylation is 1. The molecule has 3 aromatic heterocycles. The maximum atomic E-state index is 14.1. The van der Waals surface area contributed by atoms with Crippen molar-refractivity contribution in [3.63, 3.8) is 0 Å². The first kappa shape index (κ1) is 28.9. The lowest BCUT2D eigenvalue weighted by molar-refractivity contribution is -0.0502. The van der Waals surface area contributed by atoms with Gasteiger partial charge in [-0.05, 0) is 48.9 Å². The van der Waals surface area contributed by atoms with Gasteiger partial charge in [0.15, 0.2) is 11.4 Å². The van der Waals surface area contributed by atoms with Crippen LogP contribution in [0.5, 0.6) is 23.0 Å². The number of aromatic carboxylic acids is 1. The molecule has 0 saturated carbocycles. The molecule has 1 aliphatic carbocycles. The molecule has 0 unspecified atom stereocenters. The minimum atomic E-state index is -3.03. The van der Waals surface area contributed by atoms with Gasteiger partial charge in [-0.1, -0.05) is 13.3 Å². The largest absolute Gasteiger partial charge is 0.497 e. The molecule has 0 atom stereocenters. The van der Waals surface area contributed by atoms with Crippen molar-refractivity contribution in [2.75, 3.05) is 21.3 Å². The van der Waals surface area contributed by atoms with Gasteiger partial charge in [-0.25, -0.2) is 9.78 Å². The summed E-state index contributed by atoms with van der Waals surface area (Å²) >= 11 is 0. The van der Waals surface area contributed by atoms with E-state index in [1.165, 1.54) is 38.2 Å². The Morgan fingerprint density at radius 3 is 2.45 bits per heavy atom. The molecule has 0 amide bonds. The van der Waals surface area contributed by atoms with Crippen molar-refractivity contribution in [1.29, 1.82) is 0 Å². The summed E-state index contributed by atoms with van der Waals surface area (Å²) in [5.41, 5.74) is 2.88. The van der Waals surface area contributed by atoms with E-state index in [1.807, 2.05) is 6.92 Å². The number of hydrogen-bond donors (Lipinski definition) is 1. The van der Waals surface area contributed by atoms with E-state index in [1.54, 1.807) is 22.6 Å². The third kappa shape index (κ3) is 5.01. The number of imidazole rings is 1. The normalized spacial score (nSPS) is 12.3. The number of aromatic nitrogens is 3. The molecule has 0 fully saturated rings. The standard InChI is InChI=1S/C30H31F2N3O7/c1-5-6-7-19-20-10-11-21-25(33-27-23(41-4)13-18(15-34(21)27)42-30(31)32)26(20)35(28(36)24(19)29(37)38)14-16-8-9-17(39-2)12-22(16)40-3/h8-9,12-13,15,30H,5-7,10-11,14H2,1-4H3,(H,37,38). The molecular weight excluding hydrogens is 552 g/mol. The number of halogens is 2. The van der Waals surface area contributed by atoms with E-state index < -0.39 is 18.1 Å². The second-order valence-corrected chi connectivity index (χ2v) is 9.88. The van der Waals surface area contributed by atoms with E-state index in [0.717, 1.165) is 12.0 Å². The van der Waals surface area contributed by atoms with Crippen molar-refractivity contribution in [3.05, 3.63) is 68.8 Å². The summed E-state index contributed by atoms with van der Waals surface area (Å²) in [6.45, 7) is -1.05. The zero-order valence-electron chi connectivity index (χ0n) is 23.7. The topological polar surface area (TPSA) is 114 Å². The number of unbranched alkanes of at least 4 members (excludes halogenated alkanes) is 1. The van der Waals surface area contributed by atoms with Crippen LogP contribution in [0.4, 0.5) is 8.78 Å². The molecule has 10 nitrogen and oxygen atoms in total. The lowest BCUT2D eigenvalue weighted by Gasteiger charge is -2.26. The zero-order valence-corrected chi connectivity index (χ0v) is 23.7. The average Bonchev–Trinajstić information content (AvgIpc) is 3.35. The Kier molecular flexibility index (Phi) is 8.06. The quantitative estimate of drug-likeness (QED) is 0.263. The predicted molar refractivity (Wildman–Crippen MR) is 150 cm³/mol. The van der Waals surface area contributed by atoms with Gasteiger partial charge in [-0.2, -0.15) is 8.78 Å². The Hall–Kier alpha value is -4.61. The zero-order chi connectivity index (χ0) is 30.1. The Labute approximate surface area is 240 Å². The molecule has 222 valence electrons. The highest BCUT2D eigenvalue weighted by molar-refractivity contribution is 5.91. The number of benzene rings is 1. The number of carbonyl (C=O) groups is 1. The van der Waals surface area contributed by atoms with E-state index >= 15 is 0 Å². The Bertz CT molecular complexity index is 1730. The van der Waals surface area contributed by atoms with Gasteiger partial charge < -0.3 is 28.6 Å². The van der Waals surface area contributed by atoms with Crippen LogP contribution in [0.25, 0.3) is 17.0 Å². The molecular formula is C30H31F2N3O7. The summed E-state index contributed by atoms with van der Waals surface area (Å²) in [5.74, 6) is -0.166. The molecule has 0 saturated heterocycles. The molecule has 12 heteroatoms. The van der Waals surface area contributed by atoms with Crippen LogP contribution < -0.4 is 24.5 Å². The van der Waals surface area contributed by atoms with E-state index in [-0.39, 0.29) is 23.6 Å². The van der Waals surface area contributed by atoms with E-state index in [2.05, 4.69) is 4.74 Å². The third-order valence-electron chi connectivity index (χ3n) is 7.54. The average molecular weight is 584 g/mol. The van der Waals surface area contributed by atoms with Crippen molar-refractivity contribution in [3.8, 4) is 34.4 Å². The number of carboxylic acid groups (broad SMARTS) is 1. The van der Waals surface area contributed by atoms with E-state index in [9.17, 15) is 23.5 Å². The molecule has 0 spiro atoms. The summed E-state index contributed by atoms with van der Waals surface area (Å²) in [6, 6.07) is 6.50. The van der Waals surface area contributed by atoms with Crippen LogP contribution in [0.2, 0.25) is 0 Å². The minimum absolute atomic E-state index is 0.00708. The van der Waals surface area contributed by atoms with Crippen LogP contribution >= 0.6 is 0 Å². The Morgan fingerprint density at radius 1 is 1.07 bits per heavy atom. The van der Waals surface area contributed by atoms with Gasteiger partial charge in [0.05, 0.1) is 45.5 Å². The number of carboxylic acids is 1. The van der Waals surface area contributed by atoms with Gasteiger partial charge in [0.2, 0.25) is 0 Å². The molecule has 3 heterocycles. The van der Waals surface area contributed by atoms with Crippen LogP contribution in [0.1, 0.15) is 52.5 Å². The summed E-state index contributed by atoms with van der Waals surface area (Å²) in [4.78, 5) is 31.4. The van der Waals surface area contributed by atoms with Gasteiger partial charge in [0.25, 0.3) is 5.56 Å². The number of ether oxygens (including phenoxy) is 4. The summed E-state index contributed by atoms with van der Waals surface area (Å²) in [5, 5.41) is 10.2. The van der Waals surface area contributed by atoms with Crippen molar-refractivity contribution in [2.24, 2.45) is 0 Å². The second-order valence-electron chi connectivity index (χ2n) is 9.88. The maximum Gasteiger partial charge on any atom is 0.387 e. The molecule has 1 aromatic carbocycles. The molecule has 1 N–H and O–H groups in total. The summed E-state index contributed by atoms with van der Waals surface area (Å²) < 4.78 is 50.2. The van der Waals surface area contributed by atoms with Crippen molar-refractivity contribution >= 4 is 11.6 Å². The minimum Gasteiger partial charge on any atom is -0.497 e. The Balaban J connectivity index is 1.83. The van der Waals surface area contributed by atoms with E-state index in [0.29, 0.717) is 71.0 Å². The van der Waals surface area contributed by atoms with Gasteiger partial charge in [-0.15, -0.1) is 0 Å². The van der Waals surface area contributed by atoms with Crippen LogP contribution in [-0.2, 0) is 25.8 Å². The first-order valence-corrected chi connectivity index (χ1v) is 13.5.